The second-order valence-electron chi connectivity index (χ2n) is 5.81. The lowest BCUT2D eigenvalue weighted by molar-refractivity contribution is -0.384. The van der Waals surface area contributed by atoms with Crippen molar-refractivity contribution >= 4 is 27.3 Å². The summed E-state index contributed by atoms with van der Waals surface area (Å²) in [6.45, 7) is 1.72. The van der Waals surface area contributed by atoms with Crippen molar-refractivity contribution in [3.05, 3.63) is 32.8 Å². The van der Waals surface area contributed by atoms with E-state index >= 15 is 0 Å². The zero-order chi connectivity index (χ0) is 14.3. The number of hydrogen-bond acceptors (Lipinski definition) is 4. The Kier molecular flexibility index (Phi) is 3.69. The molecule has 1 aromatic rings. The minimum atomic E-state index is -0.302. The van der Waals surface area contributed by atoms with Gasteiger partial charge < -0.3 is 10.6 Å². The van der Waals surface area contributed by atoms with Gasteiger partial charge in [-0.25, -0.2) is 0 Å². The van der Waals surface area contributed by atoms with Crippen molar-refractivity contribution in [3.8, 4) is 0 Å². The SMILES string of the molecule is NC1CCCC2CN(c3cc(Br)ccc3[N+](=O)[O-])CC12. The van der Waals surface area contributed by atoms with Crippen molar-refractivity contribution in [2.45, 2.75) is 25.3 Å². The lowest BCUT2D eigenvalue weighted by Crippen LogP contribution is -2.38. The van der Waals surface area contributed by atoms with Crippen LogP contribution in [0.3, 0.4) is 0 Å². The average molecular weight is 340 g/mol. The molecule has 1 saturated heterocycles. The van der Waals surface area contributed by atoms with E-state index in [1.807, 2.05) is 6.07 Å². The standard InChI is InChI=1S/C14H18BrN3O2/c15-10-4-5-13(18(19)20)14(6-10)17-7-9-2-1-3-12(16)11(9)8-17/h4-6,9,11-12H,1-3,7-8,16H2. The van der Waals surface area contributed by atoms with Gasteiger partial charge in [0, 0.05) is 29.7 Å². The molecule has 1 saturated carbocycles. The van der Waals surface area contributed by atoms with Gasteiger partial charge in [0.1, 0.15) is 5.69 Å². The van der Waals surface area contributed by atoms with Crippen LogP contribution in [0.15, 0.2) is 22.7 Å². The Morgan fingerprint density at radius 2 is 2.15 bits per heavy atom. The van der Waals surface area contributed by atoms with Crippen LogP contribution in [-0.4, -0.2) is 24.1 Å². The highest BCUT2D eigenvalue weighted by molar-refractivity contribution is 9.10. The van der Waals surface area contributed by atoms with Crippen LogP contribution in [0.25, 0.3) is 0 Å². The van der Waals surface area contributed by atoms with Crippen LogP contribution in [0, 0.1) is 22.0 Å². The molecule has 1 aliphatic carbocycles. The number of rotatable bonds is 2. The van der Waals surface area contributed by atoms with E-state index in [-0.39, 0.29) is 16.7 Å². The van der Waals surface area contributed by atoms with Gasteiger partial charge in [-0.3, -0.25) is 10.1 Å². The molecule has 20 heavy (non-hydrogen) atoms. The van der Waals surface area contributed by atoms with Crippen LogP contribution in [0.2, 0.25) is 0 Å². The van der Waals surface area contributed by atoms with Crippen molar-refractivity contribution in [2.75, 3.05) is 18.0 Å². The van der Waals surface area contributed by atoms with Gasteiger partial charge in [0.25, 0.3) is 5.69 Å². The summed E-state index contributed by atoms with van der Waals surface area (Å²) in [5.74, 6) is 1.06. The number of nitro groups is 1. The molecule has 0 bridgehead atoms. The number of halogens is 1. The minimum Gasteiger partial charge on any atom is -0.365 e. The molecule has 2 aliphatic rings. The molecule has 6 heteroatoms. The number of anilines is 1. The largest absolute Gasteiger partial charge is 0.365 e. The first-order chi connectivity index (χ1) is 9.56. The van der Waals surface area contributed by atoms with Crippen molar-refractivity contribution in [2.24, 2.45) is 17.6 Å². The molecule has 5 nitrogen and oxygen atoms in total. The van der Waals surface area contributed by atoms with Crippen LogP contribution in [-0.2, 0) is 0 Å². The van der Waals surface area contributed by atoms with Crippen LogP contribution < -0.4 is 10.6 Å². The van der Waals surface area contributed by atoms with Gasteiger partial charge in [0.05, 0.1) is 4.92 Å². The molecule has 2 N–H and O–H groups in total. The van der Waals surface area contributed by atoms with Crippen molar-refractivity contribution < 1.29 is 4.92 Å². The number of nitrogens with two attached hydrogens (primary N) is 1. The molecule has 2 fully saturated rings. The maximum Gasteiger partial charge on any atom is 0.292 e. The number of nitro benzene ring substituents is 1. The van der Waals surface area contributed by atoms with Crippen LogP contribution in [0.1, 0.15) is 19.3 Å². The second-order valence-corrected chi connectivity index (χ2v) is 6.73. The first-order valence-electron chi connectivity index (χ1n) is 7.00. The van der Waals surface area contributed by atoms with E-state index in [4.69, 9.17) is 5.73 Å². The molecule has 1 aromatic carbocycles. The molecule has 3 unspecified atom stereocenters. The Bertz CT molecular complexity index is 537. The lowest BCUT2D eigenvalue weighted by atomic mass is 9.78. The molecule has 1 heterocycles. The number of fused-ring (bicyclic) bond motifs is 1. The fourth-order valence-electron chi connectivity index (χ4n) is 3.62. The maximum atomic E-state index is 11.2. The molecule has 108 valence electrons. The Hall–Kier alpha value is -1.14. The molecule has 0 radical (unpaired) electrons. The summed E-state index contributed by atoms with van der Waals surface area (Å²) >= 11 is 3.41. The topological polar surface area (TPSA) is 72.4 Å². The Morgan fingerprint density at radius 1 is 1.35 bits per heavy atom. The molecule has 1 aliphatic heterocycles. The number of nitrogens with zero attached hydrogens (tertiary/aromatic N) is 2. The van der Waals surface area contributed by atoms with E-state index in [1.54, 1.807) is 12.1 Å². The third-order valence-electron chi connectivity index (χ3n) is 4.63. The average Bonchev–Trinajstić information content (AvgIpc) is 2.83. The van der Waals surface area contributed by atoms with E-state index in [9.17, 15) is 10.1 Å². The fourth-order valence-corrected chi connectivity index (χ4v) is 3.97. The van der Waals surface area contributed by atoms with Crippen molar-refractivity contribution in [1.82, 2.24) is 0 Å². The van der Waals surface area contributed by atoms with Gasteiger partial charge in [-0.05, 0) is 36.8 Å². The first kappa shape index (κ1) is 13.8. The van der Waals surface area contributed by atoms with E-state index in [1.165, 1.54) is 12.8 Å². The van der Waals surface area contributed by atoms with Crippen LogP contribution in [0.4, 0.5) is 11.4 Å². The third-order valence-corrected chi connectivity index (χ3v) is 5.12. The summed E-state index contributed by atoms with van der Waals surface area (Å²) in [6, 6.07) is 5.38. The summed E-state index contributed by atoms with van der Waals surface area (Å²) < 4.78 is 0.872. The van der Waals surface area contributed by atoms with Gasteiger partial charge in [-0.1, -0.05) is 22.4 Å². The van der Waals surface area contributed by atoms with E-state index in [0.29, 0.717) is 17.5 Å². The third kappa shape index (κ3) is 2.42. The van der Waals surface area contributed by atoms with E-state index < -0.39 is 0 Å². The Labute approximate surface area is 126 Å². The summed E-state index contributed by atoms with van der Waals surface area (Å²) in [7, 11) is 0. The van der Waals surface area contributed by atoms with E-state index in [0.717, 1.165) is 24.0 Å². The second kappa shape index (κ2) is 5.33. The van der Waals surface area contributed by atoms with Crippen molar-refractivity contribution in [1.29, 1.82) is 0 Å². The normalized spacial score (nSPS) is 29.3. The fraction of sp³-hybridized carbons (Fsp3) is 0.571. The number of benzene rings is 1. The smallest absolute Gasteiger partial charge is 0.292 e. The van der Waals surface area contributed by atoms with Gasteiger partial charge in [0.15, 0.2) is 0 Å². The maximum absolute atomic E-state index is 11.2. The van der Waals surface area contributed by atoms with Crippen LogP contribution in [0.5, 0.6) is 0 Å². The summed E-state index contributed by atoms with van der Waals surface area (Å²) in [5, 5.41) is 11.2. The van der Waals surface area contributed by atoms with Gasteiger partial charge in [-0.2, -0.15) is 0 Å². The predicted octanol–water partition coefficient (Wildman–Crippen LogP) is 2.92. The summed E-state index contributed by atoms with van der Waals surface area (Å²) in [6.07, 6.45) is 3.45. The van der Waals surface area contributed by atoms with E-state index in [2.05, 4.69) is 20.8 Å². The molecular formula is C14H18BrN3O2. The summed E-state index contributed by atoms with van der Waals surface area (Å²) in [4.78, 5) is 13.0. The molecule has 0 aromatic heterocycles. The van der Waals surface area contributed by atoms with Gasteiger partial charge in [-0.15, -0.1) is 0 Å². The quantitative estimate of drug-likeness (QED) is 0.664. The van der Waals surface area contributed by atoms with Crippen molar-refractivity contribution in [3.63, 3.8) is 0 Å². The summed E-state index contributed by atoms with van der Waals surface area (Å²) in [5.41, 5.74) is 7.11. The first-order valence-corrected chi connectivity index (χ1v) is 7.80. The number of hydrogen-bond donors (Lipinski definition) is 1. The predicted molar refractivity (Wildman–Crippen MR) is 81.8 cm³/mol. The molecule has 3 rings (SSSR count). The zero-order valence-electron chi connectivity index (χ0n) is 11.2. The molecule has 3 atom stereocenters. The highest BCUT2D eigenvalue weighted by Crippen LogP contribution is 2.40. The Balaban J connectivity index is 1.90. The Morgan fingerprint density at radius 3 is 2.85 bits per heavy atom. The van der Waals surface area contributed by atoms with Crippen LogP contribution >= 0.6 is 15.9 Å². The molecule has 0 spiro atoms. The monoisotopic (exact) mass is 339 g/mol. The highest BCUT2D eigenvalue weighted by Gasteiger charge is 2.40. The lowest BCUT2D eigenvalue weighted by Gasteiger charge is -2.29. The van der Waals surface area contributed by atoms with Gasteiger partial charge in [0.2, 0.25) is 0 Å². The zero-order valence-corrected chi connectivity index (χ0v) is 12.8. The minimum absolute atomic E-state index is 0.181. The molecular weight excluding hydrogens is 322 g/mol. The molecule has 0 amide bonds. The van der Waals surface area contributed by atoms with Gasteiger partial charge >= 0.3 is 0 Å². The highest BCUT2D eigenvalue weighted by atomic mass is 79.9.